The lowest BCUT2D eigenvalue weighted by Crippen LogP contribution is -2.40. The average Bonchev–Trinajstić information content (AvgIpc) is 2.20. The Bertz CT molecular complexity index is 214. The van der Waals surface area contributed by atoms with Crippen LogP contribution in [-0.4, -0.2) is 24.9 Å². The first-order chi connectivity index (χ1) is 6.64. The first kappa shape index (κ1) is 11.5. The van der Waals surface area contributed by atoms with Gasteiger partial charge in [0.15, 0.2) is 0 Å². The van der Waals surface area contributed by atoms with Crippen molar-refractivity contribution in [2.24, 2.45) is 11.3 Å². The fourth-order valence-electron chi connectivity index (χ4n) is 2.11. The molecule has 0 amide bonds. The van der Waals surface area contributed by atoms with Gasteiger partial charge in [-0.2, -0.15) is 5.26 Å². The maximum atomic E-state index is 9.86. The first-order valence-electron chi connectivity index (χ1n) is 5.23. The molecule has 0 saturated heterocycles. The number of aliphatic hydroxyl groups excluding tert-OH is 1. The highest BCUT2D eigenvalue weighted by Gasteiger charge is 2.40. The predicted octanol–water partition coefficient (Wildman–Crippen LogP) is 1.71. The maximum Gasteiger partial charge on any atom is 0.0959 e. The molecule has 1 unspecified atom stereocenters. The van der Waals surface area contributed by atoms with Crippen LogP contribution >= 0.6 is 0 Å². The van der Waals surface area contributed by atoms with Crippen molar-refractivity contribution in [2.45, 2.75) is 38.7 Å². The van der Waals surface area contributed by atoms with Crippen LogP contribution in [0.1, 0.15) is 32.6 Å². The Balaban J connectivity index is 2.63. The number of methoxy groups -OCH3 is 1. The number of ether oxygens (including phenoxy) is 1. The van der Waals surface area contributed by atoms with Gasteiger partial charge in [0.1, 0.15) is 0 Å². The normalized spacial score (nSPS) is 34.9. The molecule has 0 bridgehead atoms. The summed E-state index contributed by atoms with van der Waals surface area (Å²) in [6, 6.07) is 2.29. The lowest BCUT2D eigenvalue weighted by Gasteiger charge is -2.36. The van der Waals surface area contributed by atoms with Crippen LogP contribution in [0.4, 0.5) is 0 Å². The van der Waals surface area contributed by atoms with E-state index in [0.29, 0.717) is 5.92 Å². The van der Waals surface area contributed by atoms with Crippen molar-refractivity contribution in [3.05, 3.63) is 0 Å². The molecule has 1 rings (SSSR count). The van der Waals surface area contributed by atoms with E-state index in [1.54, 1.807) is 7.11 Å². The quantitative estimate of drug-likeness (QED) is 0.749. The minimum Gasteiger partial charge on any atom is -0.389 e. The summed E-state index contributed by atoms with van der Waals surface area (Å²) in [5, 5.41) is 19.0. The summed E-state index contributed by atoms with van der Waals surface area (Å²) in [5.41, 5.74) is -0.553. The zero-order valence-corrected chi connectivity index (χ0v) is 8.99. The van der Waals surface area contributed by atoms with Crippen molar-refractivity contribution in [1.29, 1.82) is 5.26 Å². The van der Waals surface area contributed by atoms with Crippen LogP contribution in [0.25, 0.3) is 0 Å². The van der Waals surface area contributed by atoms with E-state index in [1.165, 1.54) is 0 Å². The van der Waals surface area contributed by atoms with E-state index >= 15 is 0 Å². The largest absolute Gasteiger partial charge is 0.389 e. The molecule has 0 aromatic heterocycles. The molecule has 3 nitrogen and oxygen atoms in total. The predicted molar refractivity (Wildman–Crippen MR) is 53.6 cm³/mol. The summed E-state index contributed by atoms with van der Waals surface area (Å²) in [6.45, 7) is 2.46. The van der Waals surface area contributed by atoms with E-state index in [2.05, 4.69) is 13.0 Å². The minimum atomic E-state index is -0.634. The van der Waals surface area contributed by atoms with Crippen molar-refractivity contribution in [1.82, 2.24) is 0 Å². The summed E-state index contributed by atoms with van der Waals surface area (Å²) < 4.78 is 4.91. The van der Waals surface area contributed by atoms with Gasteiger partial charge in [-0.05, 0) is 31.6 Å². The Morgan fingerprint density at radius 1 is 1.57 bits per heavy atom. The smallest absolute Gasteiger partial charge is 0.0959 e. The summed E-state index contributed by atoms with van der Waals surface area (Å²) in [5.74, 6) is 0.686. The van der Waals surface area contributed by atoms with Crippen LogP contribution in [0.5, 0.6) is 0 Å². The van der Waals surface area contributed by atoms with E-state index in [9.17, 15) is 5.11 Å². The molecule has 0 aromatic rings. The summed E-state index contributed by atoms with van der Waals surface area (Å²) in [4.78, 5) is 0. The fraction of sp³-hybridized carbons (Fsp3) is 0.909. The zero-order chi connectivity index (χ0) is 10.6. The molecule has 1 aliphatic rings. The third-order valence-corrected chi connectivity index (χ3v) is 3.35. The highest BCUT2D eigenvalue weighted by molar-refractivity contribution is 5.05. The summed E-state index contributed by atoms with van der Waals surface area (Å²) in [7, 11) is 1.56. The van der Waals surface area contributed by atoms with Crippen LogP contribution in [0.15, 0.2) is 0 Å². The van der Waals surface area contributed by atoms with Crippen molar-refractivity contribution in [3.8, 4) is 6.07 Å². The van der Waals surface area contributed by atoms with E-state index in [4.69, 9.17) is 10.00 Å². The van der Waals surface area contributed by atoms with Crippen LogP contribution in [0.3, 0.4) is 0 Å². The Morgan fingerprint density at radius 2 is 2.14 bits per heavy atom. The zero-order valence-electron chi connectivity index (χ0n) is 8.99. The number of hydrogen-bond donors (Lipinski definition) is 1. The molecule has 3 heteroatoms. The second-order valence-corrected chi connectivity index (χ2v) is 4.42. The summed E-state index contributed by atoms with van der Waals surface area (Å²) >= 11 is 0. The molecule has 1 atom stereocenters. The molecule has 0 spiro atoms. The number of nitriles is 1. The number of rotatable bonds is 3. The molecule has 14 heavy (non-hydrogen) atoms. The molecule has 0 aromatic carbocycles. The molecule has 1 saturated carbocycles. The lowest BCUT2D eigenvalue weighted by atomic mass is 9.68. The molecule has 1 N–H and O–H groups in total. The highest BCUT2D eigenvalue weighted by atomic mass is 16.5. The van der Waals surface area contributed by atoms with Gasteiger partial charge < -0.3 is 9.84 Å². The fourth-order valence-corrected chi connectivity index (χ4v) is 2.11. The Hall–Kier alpha value is -0.590. The van der Waals surface area contributed by atoms with Gasteiger partial charge in [-0.3, -0.25) is 0 Å². The molecule has 0 radical (unpaired) electrons. The second-order valence-electron chi connectivity index (χ2n) is 4.42. The number of nitrogens with zero attached hydrogens (tertiary/aromatic N) is 1. The van der Waals surface area contributed by atoms with E-state index in [1.807, 2.05) is 0 Å². The second kappa shape index (κ2) is 4.77. The SMILES string of the molecule is COCC(O)C1(C#N)CCC(C)CC1. The van der Waals surface area contributed by atoms with Crippen LogP contribution in [-0.2, 0) is 4.74 Å². The Labute approximate surface area is 85.7 Å². The van der Waals surface area contributed by atoms with Crippen LogP contribution in [0, 0.1) is 22.7 Å². The number of hydrogen-bond acceptors (Lipinski definition) is 3. The topological polar surface area (TPSA) is 53.2 Å². The molecule has 0 heterocycles. The van der Waals surface area contributed by atoms with Crippen LogP contribution < -0.4 is 0 Å². The molecule has 1 fully saturated rings. The molecule has 1 aliphatic carbocycles. The first-order valence-corrected chi connectivity index (χ1v) is 5.23. The third-order valence-electron chi connectivity index (χ3n) is 3.35. The maximum absolute atomic E-state index is 9.86. The minimum absolute atomic E-state index is 0.266. The highest BCUT2D eigenvalue weighted by Crippen LogP contribution is 2.41. The van der Waals surface area contributed by atoms with Crippen molar-refractivity contribution in [3.63, 3.8) is 0 Å². The van der Waals surface area contributed by atoms with E-state index in [-0.39, 0.29) is 6.61 Å². The van der Waals surface area contributed by atoms with Gasteiger partial charge in [0.2, 0.25) is 0 Å². The number of aliphatic hydroxyl groups is 1. The van der Waals surface area contributed by atoms with Gasteiger partial charge >= 0.3 is 0 Å². The van der Waals surface area contributed by atoms with Gasteiger partial charge in [-0.15, -0.1) is 0 Å². The average molecular weight is 197 g/mol. The van der Waals surface area contributed by atoms with Crippen molar-refractivity contribution >= 4 is 0 Å². The van der Waals surface area contributed by atoms with Gasteiger partial charge in [-0.1, -0.05) is 6.92 Å². The lowest BCUT2D eigenvalue weighted by molar-refractivity contribution is -0.0240. The standard InChI is InChI=1S/C11H19NO2/c1-9-3-5-11(8-12,6-4-9)10(13)7-14-2/h9-10,13H,3-7H2,1-2H3. The van der Waals surface area contributed by atoms with E-state index < -0.39 is 11.5 Å². The van der Waals surface area contributed by atoms with Gasteiger partial charge in [-0.25, -0.2) is 0 Å². The Kier molecular flexibility index (Phi) is 3.91. The van der Waals surface area contributed by atoms with Gasteiger partial charge in [0, 0.05) is 7.11 Å². The monoisotopic (exact) mass is 197 g/mol. The van der Waals surface area contributed by atoms with Crippen molar-refractivity contribution in [2.75, 3.05) is 13.7 Å². The molecular weight excluding hydrogens is 178 g/mol. The third kappa shape index (κ3) is 2.26. The summed E-state index contributed by atoms with van der Waals surface area (Å²) in [6.07, 6.45) is 3.04. The molecular formula is C11H19NO2. The molecule has 0 aliphatic heterocycles. The van der Waals surface area contributed by atoms with E-state index in [0.717, 1.165) is 25.7 Å². The van der Waals surface area contributed by atoms with Crippen molar-refractivity contribution < 1.29 is 9.84 Å². The van der Waals surface area contributed by atoms with Gasteiger partial charge in [0.25, 0.3) is 0 Å². The molecule has 80 valence electrons. The Morgan fingerprint density at radius 3 is 2.57 bits per heavy atom. The van der Waals surface area contributed by atoms with Crippen LogP contribution in [0.2, 0.25) is 0 Å². The van der Waals surface area contributed by atoms with Gasteiger partial charge in [0.05, 0.1) is 24.2 Å².